The Labute approximate surface area is 238 Å². The molecule has 41 heavy (non-hydrogen) atoms. The van der Waals surface area contributed by atoms with Gasteiger partial charge in [-0.25, -0.2) is 9.50 Å². The number of benzene rings is 1. The smallest absolute Gasteiger partial charge is 0.254 e. The number of nitrogens with one attached hydrogen (secondary N) is 2. The Morgan fingerprint density at radius 3 is 2.83 bits per heavy atom. The number of carbonyl (C=O) groups excluding carboxylic acids is 2. The Bertz CT molecular complexity index is 1710. The summed E-state index contributed by atoms with van der Waals surface area (Å²) < 4.78 is 7.70. The number of anilines is 2. The van der Waals surface area contributed by atoms with Gasteiger partial charge in [0, 0.05) is 56.8 Å². The molecule has 4 aromatic rings. The van der Waals surface area contributed by atoms with E-state index in [9.17, 15) is 9.59 Å². The summed E-state index contributed by atoms with van der Waals surface area (Å²) in [6.07, 6.45) is 6.05. The minimum atomic E-state index is -0.107. The lowest BCUT2D eigenvalue weighted by Gasteiger charge is -2.30. The van der Waals surface area contributed by atoms with Crippen LogP contribution in [-0.2, 0) is 24.3 Å². The molecule has 0 aliphatic carbocycles. The van der Waals surface area contributed by atoms with Gasteiger partial charge in [-0.1, -0.05) is 12.1 Å². The van der Waals surface area contributed by atoms with E-state index in [0.29, 0.717) is 43.2 Å². The molecule has 3 aromatic heterocycles. The molecule has 2 N–H and O–H groups in total. The van der Waals surface area contributed by atoms with E-state index in [1.54, 1.807) is 4.90 Å². The number of aromatic nitrogens is 3. The van der Waals surface area contributed by atoms with Crippen LogP contribution in [0.5, 0.6) is 5.75 Å². The lowest BCUT2D eigenvalue weighted by atomic mass is 9.88. The Hall–Kier alpha value is -4.44. The zero-order chi connectivity index (χ0) is 28.2. The van der Waals surface area contributed by atoms with Crippen LogP contribution in [0.3, 0.4) is 0 Å². The molecule has 3 aliphatic rings. The van der Waals surface area contributed by atoms with Gasteiger partial charge in [-0.2, -0.15) is 5.10 Å². The largest absolute Gasteiger partial charge is 0.493 e. The summed E-state index contributed by atoms with van der Waals surface area (Å²) in [4.78, 5) is 34.4. The number of carbonyl (C=O) groups is 2. The van der Waals surface area contributed by atoms with E-state index in [1.165, 1.54) is 0 Å². The third kappa shape index (κ3) is 4.39. The molecule has 1 aromatic carbocycles. The van der Waals surface area contributed by atoms with Gasteiger partial charge in [0.1, 0.15) is 11.6 Å². The second-order valence-electron chi connectivity index (χ2n) is 11.4. The van der Waals surface area contributed by atoms with Gasteiger partial charge >= 0.3 is 0 Å². The number of hydrogen-bond acceptors (Lipinski definition) is 7. The molecular weight excluding hydrogens is 518 g/mol. The van der Waals surface area contributed by atoms with Crippen LogP contribution in [-0.4, -0.2) is 70.5 Å². The quantitative estimate of drug-likeness (QED) is 0.377. The fourth-order valence-corrected chi connectivity index (χ4v) is 6.40. The second kappa shape index (κ2) is 9.88. The average molecular weight is 552 g/mol. The highest BCUT2D eigenvalue weighted by atomic mass is 16.5. The van der Waals surface area contributed by atoms with Gasteiger partial charge in [0.2, 0.25) is 5.91 Å². The van der Waals surface area contributed by atoms with Crippen molar-refractivity contribution >= 4 is 28.8 Å². The Morgan fingerprint density at radius 1 is 1.12 bits per heavy atom. The van der Waals surface area contributed by atoms with Crippen LogP contribution in [0.1, 0.15) is 51.5 Å². The molecule has 210 valence electrons. The Kier molecular flexibility index (Phi) is 6.15. The molecule has 1 fully saturated rings. The summed E-state index contributed by atoms with van der Waals surface area (Å²) in [5, 5.41) is 11.1. The minimum absolute atomic E-state index is 0.107. The number of likely N-dealkylation sites (tertiary alicyclic amines) is 1. The van der Waals surface area contributed by atoms with Crippen molar-refractivity contribution in [1.29, 1.82) is 0 Å². The fraction of sp³-hybridized carbons (Fsp3) is 0.355. The number of piperidine rings is 1. The highest BCUT2D eigenvalue weighted by Crippen LogP contribution is 2.40. The molecule has 0 radical (unpaired) electrons. The summed E-state index contributed by atoms with van der Waals surface area (Å²) >= 11 is 0. The fourth-order valence-electron chi connectivity index (χ4n) is 6.40. The second-order valence-corrected chi connectivity index (χ2v) is 11.4. The van der Waals surface area contributed by atoms with Crippen molar-refractivity contribution in [2.45, 2.75) is 38.3 Å². The van der Waals surface area contributed by atoms with E-state index in [1.807, 2.05) is 56.3 Å². The van der Waals surface area contributed by atoms with E-state index in [0.717, 1.165) is 64.2 Å². The van der Waals surface area contributed by atoms with Gasteiger partial charge in [0.25, 0.3) is 5.91 Å². The maximum Gasteiger partial charge on any atom is 0.254 e. The van der Waals surface area contributed by atoms with Crippen molar-refractivity contribution in [1.82, 2.24) is 29.7 Å². The molecule has 7 rings (SSSR count). The lowest BCUT2D eigenvalue weighted by Crippen LogP contribution is -2.35. The highest BCUT2D eigenvalue weighted by Gasteiger charge is 2.30. The van der Waals surface area contributed by atoms with Crippen molar-refractivity contribution < 1.29 is 14.3 Å². The SMILES string of the molecule is CN(C)Cc1nc(Nc2ccc(-c3cnn4ccc5c(c34)CCO5)c3c2C(=O)NC3)ccc1[C@H]1CCN(C)C(=O)C1. The number of amides is 2. The van der Waals surface area contributed by atoms with Crippen LogP contribution in [0.2, 0.25) is 0 Å². The molecule has 0 unspecified atom stereocenters. The molecule has 1 saturated heterocycles. The Morgan fingerprint density at radius 2 is 2.00 bits per heavy atom. The zero-order valence-corrected chi connectivity index (χ0v) is 23.5. The van der Waals surface area contributed by atoms with Crippen molar-refractivity contribution in [3.63, 3.8) is 0 Å². The lowest BCUT2D eigenvalue weighted by molar-refractivity contribution is -0.132. The highest BCUT2D eigenvalue weighted by molar-refractivity contribution is 6.06. The molecule has 6 heterocycles. The molecule has 1 atom stereocenters. The first-order chi connectivity index (χ1) is 19.9. The summed E-state index contributed by atoms with van der Waals surface area (Å²) in [6.45, 7) is 2.52. The van der Waals surface area contributed by atoms with Crippen molar-refractivity contribution in [3.8, 4) is 16.9 Å². The number of fused-ring (bicyclic) bond motifs is 4. The van der Waals surface area contributed by atoms with Gasteiger partial charge < -0.3 is 25.2 Å². The summed E-state index contributed by atoms with van der Waals surface area (Å²) in [5.41, 5.74) is 8.52. The third-order valence-corrected chi connectivity index (χ3v) is 8.45. The van der Waals surface area contributed by atoms with Gasteiger partial charge in [-0.05, 0) is 61.3 Å². The van der Waals surface area contributed by atoms with Gasteiger partial charge in [0.15, 0.2) is 0 Å². The average Bonchev–Trinajstić information content (AvgIpc) is 3.69. The van der Waals surface area contributed by atoms with Crippen molar-refractivity contribution in [2.75, 3.05) is 39.6 Å². The number of rotatable bonds is 6. The summed E-state index contributed by atoms with van der Waals surface area (Å²) in [5.74, 6) is 1.79. The van der Waals surface area contributed by atoms with Crippen molar-refractivity contribution in [3.05, 3.63) is 70.7 Å². The maximum absolute atomic E-state index is 13.1. The number of pyridine rings is 2. The summed E-state index contributed by atoms with van der Waals surface area (Å²) in [6, 6.07) is 10.0. The predicted molar refractivity (Wildman–Crippen MR) is 156 cm³/mol. The first-order valence-corrected chi connectivity index (χ1v) is 14.1. The van der Waals surface area contributed by atoms with Crippen LogP contribution in [0.4, 0.5) is 11.5 Å². The standard InChI is InChI=1S/C31H33N7O3/c1-36(2)17-25-19(18-8-11-37(3)28(39)14-18)5-7-27(35-25)34-24-6-4-20(22-15-32-31(40)29(22)24)23-16-33-38-12-9-26-21(30(23)38)10-13-41-26/h4-7,9,12,16,18H,8,10-11,13-15,17H2,1-3H3,(H,32,40)(H,34,35)/t18-/m0/s1. The molecule has 10 heteroatoms. The zero-order valence-electron chi connectivity index (χ0n) is 23.5. The maximum atomic E-state index is 13.1. The van der Waals surface area contributed by atoms with Crippen LogP contribution in [0.25, 0.3) is 16.6 Å². The molecule has 3 aliphatic heterocycles. The summed E-state index contributed by atoms with van der Waals surface area (Å²) in [7, 11) is 5.90. The predicted octanol–water partition coefficient (Wildman–Crippen LogP) is 3.72. The van der Waals surface area contributed by atoms with Gasteiger partial charge in [0.05, 0.1) is 35.3 Å². The molecule has 0 bridgehead atoms. The van der Waals surface area contributed by atoms with E-state index in [2.05, 4.69) is 32.8 Å². The van der Waals surface area contributed by atoms with Crippen LogP contribution in [0.15, 0.2) is 42.7 Å². The van der Waals surface area contributed by atoms with Gasteiger partial charge in [-0.3, -0.25) is 9.59 Å². The molecule has 0 saturated carbocycles. The topological polar surface area (TPSA) is 104 Å². The van der Waals surface area contributed by atoms with Crippen LogP contribution >= 0.6 is 0 Å². The normalized spacial score (nSPS) is 18.0. The molecule has 0 spiro atoms. The van der Waals surface area contributed by atoms with Crippen LogP contribution in [0, 0.1) is 0 Å². The van der Waals surface area contributed by atoms with Crippen molar-refractivity contribution in [2.24, 2.45) is 0 Å². The number of nitrogens with zero attached hydrogens (tertiary/aromatic N) is 5. The Balaban J connectivity index is 1.25. The first kappa shape index (κ1) is 25.5. The minimum Gasteiger partial charge on any atom is -0.493 e. The van der Waals surface area contributed by atoms with E-state index in [-0.39, 0.29) is 17.7 Å². The molecule has 2 amide bonds. The van der Waals surface area contributed by atoms with Crippen LogP contribution < -0.4 is 15.4 Å². The first-order valence-electron chi connectivity index (χ1n) is 14.1. The van der Waals surface area contributed by atoms with E-state index < -0.39 is 0 Å². The number of hydrogen-bond donors (Lipinski definition) is 2. The van der Waals surface area contributed by atoms with E-state index >= 15 is 0 Å². The molecular formula is C31H33N7O3. The monoisotopic (exact) mass is 551 g/mol. The third-order valence-electron chi connectivity index (χ3n) is 8.45. The van der Waals surface area contributed by atoms with Gasteiger partial charge in [-0.15, -0.1) is 0 Å². The number of ether oxygens (including phenoxy) is 1. The van der Waals surface area contributed by atoms with E-state index in [4.69, 9.17) is 9.72 Å². The molecule has 10 nitrogen and oxygen atoms in total.